The molecule has 0 aliphatic carbocycles. The molecule has 1 aromatic heterocycles. The summed E-state index contributed by atoms with van der Waals surface area (Å²) in [5, 5.41) is 0.0447. The Morgan fingerprint density at radius 1 is 1.12 bits per heavy atom. The van der Waals surface area contributed by atoms with E-state index in [4.69, 9.17) is 0 Å². The van der Waals surface area contributed by atoms with Gasteiger partial charge in [0.1, 0.15) is 0 Å². The molecule has 1 fully saturated rings. The highest BCUT2D eigenvalue weighted by Crippen LogP contribution is 2.40. The number of aromatic nitrogens is 1. The minimum atomic E-state index is 0.0447. The third-order valence-corrected chi connectivity index (χ3v) is 6.59. The second-order valence-electron chi connectivity index (χ2n) is 6.86. The van der Waals surface area contributed by atoms with Gasteiger partial charge in [-0.2, -0.15) is 0 Å². The van der Waals surface area contributed by atoms with Crippen molar-refractivity contribution in [3.05, 3.63) is 53.9 Å². The number of hydrogen-bond donors (Lipinski definition) is 0. The molecule has 2 aliphatic heterocycles. The van der Waals surface area contributed by atoms with Crippen LogP contribution >= 0.6 is 11.8 Å². The number of rotatable bonds is 2. The van der Waals surface area contributed by atoms with Crippen molar-refractivity contribution in [2.75, 3.05) is 6.54 Å². The van der Waals surface area contributed by atoms with Crippen molar-refractivity contribution in [2.45, 2.75) is 48.3 Å². The third kappa shape index (κ3) is 2.88. The molecule has 0 N–H and O–H groups in total. The summed E-state index contributed by atoms with van der Waals surface area (Å²) < 4.78 is 2.17. The average Bonchev–Trinajstić information content (AvgIpc) is 3.13. The van der Waals surface area contributed by atoms with Gasteiger partial charge in [0.2, 0.25) is 5.91 Å². The Morgan fingerprint density at radius 2 is 2.00 bits per heavy atom. The topological polar surface area (TPSA) is 25.2 Å². The van der Waals surface area contributed by atoms with Crippen LogP contribution in [-0.2, 0) is 18.3 Å². The first-order valence-corrected chi connectivity index (χ1v) is 9.78. The van der Waals surface area contributed by atoms with Gasteiger partial charge in [-0.15, -0.1) is 11.8 Å². The van der Waals surface area contributed by atoms with Crippen LogP contribution in [0.25, 0.3) is 0 Å². The number of hydrogen-bond acceptors (Lipinski definition) is 2. The van der Waals surface area contributed by atoms with Crippen molar-refractivity contribution in [2.24, 2.45) is 7.05 Å². The number of aryl methyl sites for hydroxylation is 1. The molecule has 0 bridgehead atoms. The molecule has 3 nitrogen and oxygen atoms in total. The molecule has 0 radical (unpaired) electrons. The van der Waals surface area contributed by atoms with Crippen molar-refractivity contribution >= 4 is 17.7 Å². The highest BCUT2D eigenvalue weighted by molar-refractivity contribution is 8.01. The van der Waals surface area contributed by atoms with E-state index < -0.39 is 0 Å². The summed E-state index contributed by atoms with van der Waals surface area (Å²) >= 11 is 1.75. The number of carbonyl (C=O) groups excluding carboxylic acids is 1. The summed E-state index contributed by atoms with van der Waals surface area (Å²) in [5.74, 6) is 0.323. The van der Waals surface area contributed by atoms with Crippen LogP contribution in [0.3, 0.4) is 0 Å². The van der Waals surface area contributed by atoms with Crippen molar-refractivity contribution < 1.29 is 4.79 Å². The van der Waals surface area contributed by atoms with Crippen LogP contribution in [0.1, 0.15) is 43.0 Å². The van der Waals surface area contributed by atoms with Crippen LogP contribution in [0.15, 0.2) is 47.5 Å². The van der Waals surface area contributed by atoms with Gasteiger partial charge >= 0.3 is 0 Å². The smallest absolute Gasteiger partial charge is 0.236 e. The minimum absolute atomic E-state index is 0.0447. The number of likely N-dealkylation sites (tertiary alicyclic amines) is 1. The van der Waals surface area contributed by atoms with E-state index in [1.165, 1.54) is 29.0 Å². The van der Waals surface area contributed by atoms with Gasteiger partial charge in [-0.25, -0.2) is 0 Å². The standard InChI is InChI=1S/C20H24N2OS/c1-21-12-7-10-16(21)17-9-3-2-6-13-22(17)20(23)19-14-15-8-4-5-11-18(15)24-19/h4-5,7-8,10-12,17,19H,2-3,6,9,13-14H2,1H3. The molecule has 2 unspecified atom stereocenters. The summed E-state index contributed by atoms with van der Waals surface area (Å²) in [6, 6.07) is 12.9. The molecular formula is C20H24N2OS. The molecule has 2 aromatic rings. The van der Waals surface area contributed by atoms with E-state index in [1.807, 2.05) is 0 Å². The number of amides is 1. The van der Waals surface area contributed by atoms with Gasteiger partial charge in [0.15, 0.2) is 0 Å². The Labute approximate surface area is 148 Å². The zero-order valence-corrected chi connectivity index (χ0v) is 15.0. The van der Waals surface area contributed by atoms with Gasteiger partial charge < -0.3 is 9.47 Å². The monoisotopic (exact) mass is 340 g/mol. The zero-order chi connectivity index (χ0) is 16.5. The molecule has 126 valence electrons. The highest BCUT2D eigenvalue weighted by atomic mass is 32.2. The summed E-state index contributed by atoms with van der Waals surface area (Å²) in [6.45, 7) is 0.891. The number of thioether (sulfide) groups is 1. The number of nitrogens with zero attached hydrogens (tertiary/aromatic N) is 2. The van der Waals surface area contributed by atoms with Crippen molar-refractivity contribution in [3.8, 4) is 0 Å². The van der Waals surface area contributed by atoms with Crippen molar-refractivity contribution in [3.63, 3.8) is 0 Å². The zero-order valence-electron chi connectivity index (χ0n) is 14.1. The predicted octanol–water partition coefficient (Wildman–Crippen LogP) is 4.19. The van der Waals surface area contributed by atoms with E-state index in [0.717, 1.165) is 25.8 Å². The van der Waals surface area contributed by atoms with Crippen LogP contribution < -0.4 is 0 Å². The first-order chi connectivity index (χ1) is 11.7. The Balaban J connectivity index is 1.58. The Bertz CT molecular complexity index is 714. The summed E-state index contributed by atoms with van der Waals surface area (Å²) in [6.07, 6.45) is 7.59. The van der Waals surface area contributed by atoms with Crippen molar-refractivity contribution in [1.82, 2.24) is 9.47 Å². The fourth-order valence-corrected chi connectivity index (χ4v) is 5.27. The second-order valence-corrected chi connectivity index (χ2v) is 8.10. The fourth-order valence-electron chi connectivity index (χ4n) is 4.00. The van der Waals surface area contributed by atoms with E-state index in [-0.39, 0.29) is 11.3 Å². The Hall–Kier alpha value is -1.68. The van der Waals surface area contributed by atoms with Gasteiger partial charge in [0.25, 0.3) is 0 Å². The molecular weight excluding hydrogens is 316 g/mol. The quantitative estimate of drug-likeness (QED) is 0.819. The molecule has 1 saturated heterocycles. The first-order valence-electron chi connectivity index (χ1n) is 8.90. The molecule has 1 aromatic carbocycles. The Morgan fingerprint density at radius 3 is 2.79 bits per heavy atom. The number of fused-ring (bicyclic) bond motifs is 1. The van der Waals surface area contributed by atoms with Gasteiger partial charge in [-0.05, 0) is 43.0 Å². The summed E-state index contributed by atoms with van der Waals surface area (Å²) in [7, 11) is 2.09. The number of carbonyl (C=O) groups is 1. The van der Waals surface area contributed by atoms with Crippen LogP contribution in [0.2, 0.25) is 0 Å². The molecule has 1 amide bonds. The molecule has 2 aliphatic rings. The largest absolute Gasteiger partial charge is 0.353 e. The van der Waals surface area contributed by atoms with Crippen LogP contribution in [0, 0.1) is 0 Å². The third-order valence-electron chi connectivity index (χ3n) is 5.28. The lowest BCUT2D eigenvalue weighted by Gasteiger charge is -2.32. The van der Waals surface area contributed by atoms with E-state index in [9.17, 15) is 4.79 Å². The van der Waals surface area contributed by atoms with Gasteiger partial charge in [0, 0.05) is 30.4 Å². The molecule has 3 heterocycles. The van der Waals surface area contributed by atoms with Crippen LogP contribution in [-0.4, -0.2) is 27.2 Å². The average molecular weight is 340 g/mol. The molecule has 0 spiro atoms. The van der Waals surface area contributed by atoms with Crippen LogP contribution in [0.4, 0.5) is 0 Å². The number of benzene rings is 1. The SMILES string of the molecule is Cn1cccc1C1CCCCCN1C(=O)C1Cc2ccccc2S1. The lowest BCUT2D eigenvalue weighted by Crippen LogP contribution is -2.40. The fraction of sp³-hybridized carbons (Fsp3) is 0.450. The van der Waals surface area contributed by atoms with E-state index in [0.29, 0.717) is 5.91 Å². The molecule has 4 rings (SSSR count). The van der Waals surface area contributed by atoms with E-state index >= 15 is 0 Å². The molecule has 2 atom stereocenters. The van der Waals surface area contributed by atoms with Gasteiger partial charge in [-0.3, -0.25) is 4.79 Å². The summed E-state index contributed by atoms with van der Waals surface area (Å²) in [5.41, 5.74) is 2.59. The Kier molecular flexibility index (Phi) is 4.40. The van der Waals surface area contributed by atoms with E-state index in [1.54, 1.807) is 11.8 Å². The van der Waals surface area contributed by atoms with Crippen molar-refractivity contribution in [1.29, 1.82) is 0 Å². The molecule has 0 saturated carbocycles. The maximum atomic E-state index is 13.3. The molecule has 4 heteroatoms. The normalized spacial score (nSPS) is 23.8. The molecule has 24 heavy (non-hydrogen) atoms. The van der Waals surface area contributed by atoms with Gasteiger partial charge in [0.05, 0.1) is 11.3 Å². The maximum Gasteiger partial charge on any atom is 0.236 e. The van der Waals surface area contributed by atoms with Gasteiger partial charge in [-0.1, -0.05) is 31.0 Å². The van der Waals surface area contributed by atoms with Crippen LogP contribution in [0.5, 0.6) is 0 Å². The van der Waals surface area contributed by atoms with E-state index in [2.05, 4.69) is 59.1 Å². The predicted molar refractivity (Wildman–Crippen MR) is 98.1 cm³/mol. The minimum Gasteiger partial charge on any atom is -0.353 e. The maximum absolute atomic E-state index is 13.3. The lowest BCUT2D eigenvalue weighted by atomic mass is 10.0. The lowest BCUT2D eigenvalue weighted by molar-refractivity contribution is -0.133. The second kappa shape index (κ2) is 6.67. The first kappa shape index (κ1) is 15.8. The highest BCUT2D eigenvalue weighted by Gasteiger charge is 2.35. The summed E-state index contributed by atoms with van der Waals surface area (Å²) in [4.78, 5) is 16.8.